The predicted octanol–water partition coefficient (Wildman–Crippen LogP) is 6.43. The Morgan fingerprint density at radius 3 is 2.16 bits per heavy atom. The highest BCUT2D eigenvalue weighted by Crippen LogP contribution is 2.38. The number of halogens is 5. The van der Waals surface area contributed by atoms with Crippen molar-refractivity contribution in [2.24, 2.45) is 5.41 Å². The molecule has 0 heterocycles. The smallest absolute Gasteiger partial charge is 0.390 e. The Labute approximate surface area is 216 Å². The summed E-state index contributed by atoms with van der Waals surface area (Å²) in [6.45, 7) is 5.28. The first-order valence-corrected chi connectivity index (χ1v) is 13.0. The maximum Gasteiger partial charge on any atom is 0.401 e. The van der Waals surface area contributed by atoms with Crippen LogP contribution >= 0.6 is 0 Å². The molecule has 2 atom stereocenters. The average Bonchev–Trinajstić information content (AvgIpc) is 2.78. The number of hydrogen-bond acceptors (Lipinski definition) is 3. The van der Waals surface area contributed by atoms with Crippen LogP contribution < -0.4 is 10.6 Å². The molecule has 2 aromatic carbocycles. The molecule has 3 rings (SSSR count). The number of alkyl halides is 3. The molecule has 0 spiro atoms. The van der Waals surface area contributed by atoms with Crippen molar-refractivity contribution >= 4 is 0 Å². The highest BCUT2D eigenvalue weighted by atomic mass is 19.4. The van der Waals surface area contributed by atoms with Crippen LogP contribution in [-0.2, 0) is 18.4 Å². The van der Waals surface area contributed by atoms with Crippen LogP contribution in [0.15, 0.2) is 42.5 Å². The lowest BCUT2D eigenvalue weighted by Crippen LogP contribution is -2.53. The molecule has 0 bridgehead atoms. The normalized spacial score (nSPS) is 18.0. The van der Waals surface area contributed by atoms with Crippen molar-refractivity contribution in [2.75, 3.05) is 13.1 Å². The number of nitrogens with one attached hydrogen (secondary N) is 2. The minimum Gasteiger partial charge on any atom is -0.390 e. The minimum absolute atomic E-state index is 0.0385. The van der Waals surface area contributed by atoms with Crippen LogP contribution in [0.1, 0.15) is 69.6 Å². The summed E-state index contributed by atoms with van der Waals surface area (Å²) < 4.78 is 66.4. The van der Waals surface area contributed by atoms with Crippen molar-refractivity contribution in [1.29, 1.82) is 0 Å². The van der Waals surface area contributed by atoms with E-state index in [1.165, 1.54) is 5.56 Å². The van der Waals surface area contributed by atoms with E-state index in [0.717, 1.165) is 56.2 Å². The van der Waals surface area contributed by atoms with E-state index in [0.29, 0.717) is 6.07 Å². The summed E-state index contributed by atoms with van der Waals surface area (Å²) in [7, 11) is 0. The highest BCUT2D eigenvalue weighted by molar-refractivity contribution is 5.31. The summed E-state index contributed by atoms with van der Waals surface area (Å²) in [6, 6.07) is 10.2. The molecule has 0 amide bonds. The van der Waals surface area contributed by atoms with Gasteiger partial charge >= 0.3 is 6.18 Å². The number of aliphatic hydroxyl groups excluding tert-OH is 1. The zero-order valence-electron chi connectivity index (χ0n) is 21.9. The fourth-order valence-electron chi connectivity index (χ4n) is 5.33. The van der Waals surface area contributed by atoms with Gasteiger partial charge in [-0.15, -0.1) is 0 Å². The van der Waals surface area contributed by atoms with Gasteiger partial charge in [0.25, 0.3) is 0 Å². The molecule has 8 heteroatoms. The van der Waals surface area contributed by atoms with Crippen LogP contribution in [0.2, 0.25) is 0 Å². The molecule has 1 fully saturated rings. The molecule has 37 heavy (non-hydrogen) atoms. The maximum absolute atomic E-state index is 13.7. The van der Waals surface area contributed by atoms with Gasteiger partial charge in [0.1, 0.15) is 11.6 Å². The largest absolute Gasteiger partial charge is 0.401 e. The van der Waals surface area contributed by atoms with Gasteiger partial charge in [0.2, 0.25) is 0 Å². The van der Waals surface area contributed by atoms with Gasteiger partial charge in [0.15, 0.2) is 0 Å². The van der Waals surface area contributed by atoms with E-state index in [4.69, 9.17) is 0 Å². The van der Waals surface area contributed by atoms with E-state index in [1.807, 2.05) is 6.07 Å². The number of aliphatic hydroxyl groups is 1. The molecular formula is C29H39F5N2O. The SMILES string of the molecule is CC(C)(C)Cc1cccc(C2(NC[C@@H](O)C(Cc3cc(F)cc(F)c3)NCC(F)(F)F)CCCCC2)c1. The van der Waals surface area contributed by atoms with E-state index in [9.17, 15) is 27.1 Å². The molecule has 0 radical (unpaired) electrons. The quantitative estimate of drug-likeness (QED) is 0.313. The number of benzene rings is 2. The summed E-state index contributed by atoms with van der Waals surface area (Å²) in [5.41, 5.74) is 2.24. The van der Waals surface area contributed by atoms with E-state index < -0.39 is 42.0 Å². The highest BCUT2D eigenvalue weighted by Gasteiger charge is 2.36. The molecule has 206 valence electrons. The first-order valence-electron chi connectivity index (χ1n) is 13.0. The molecule has 0 aliphatic heterocycles. The zero-order chi connectivity index (χ0) is 27.3. The third kappa shape index (κ3) is 9.34. The van der Waals surface area contributed by atoms with Crippen molar-refractivity contribution < 1.29 is 27.1 Å². The molecule has 1 unspecified atom stereocenters. The molecular weight excluding hydrogens is 487 g/mol. The Balaban J connectivity index is 1.80. The monoisotopic (exact) mass is 526 g/mol. The van der Waals surface area contributed by atoms with Gasteiger partial charge in [0, 0.05) is 24.2 Å². The van der Waals surface area contributed by atoms with E-state index in [-0.39, 0.29) is 23.9 Å². The van der Waals surface area contributed by atoms with Crippen molar-refractivity contribution in [3.8, 4) is 0 Å². The summed E-state index contributed by atoms with van der Waals surface area (Å²) in [5.74, 6) is -1.62. The van der Waals surface area contributed by atoms with E-state index in [1.54, 1.807) is 0 Å². The van der Waals surface area contributed by atoms with Gasteiger partial charge < -0.3 is 15.7 Å². The molecule has 1 saturated carbocycles. The number of rotatable bonds is 10. The molecule has 2 aromatic rings. The van der Waals surface area contributed by atoms with Gasteiger partial charge in [-0.25, -0.2) is 8.78 Å². The second-order valence-electron chi connectivity index (χ2n) is 11.6. The van der Waals surface area contributed by atoms with Gasteiger partial charge in [-0.05, 0) is 59.9 Å². The molecule has 0 aromatic heterocycles. The summed E-state index contributed by atoms with van der Waals surface area (Å²) in [4.78, 5) is 0. The molecule has 3 N–H and O–H groups in total. The van der Waals surface area contributed by atoms with Crippen molar-refractivity contribution in [3.63, 3.8) is 0 Å². The second kappa shape index (κ2) is 12.2. The molecule has 0 saturated heterocycles. The Bertz CT molecular complexity index is 992. The number of hydrogen-bond donors (Lipinski definition) is 3. The second-order valence-corrected chi connectivity index (χ2v) is 11.6. The first-order chi connectivity index (χ1) is 17.2. The third-order valence-corrected chi connectivity index (χ3v) is 6.98. The van der Waals surface area contributed by atoms with E-state index in [2.05, 4.69) is 49.6 Å². The maximum atomic E-state index is 13.7. The lowest BCUT2D eigenvalue weighted by Gasteiger charge is -2.40. The van der Waals surface area contributed by atoms with Crippen LogP contribution in [0.25, 0.3) is 0 Å². The lowest BCUT2D eigenvalue weighted by molar-refractivity contribution is -0.127. The standard InChI is InChI=1S/C29H39F5N2O/c1-27(2,3)17-20-8-7-9-22(12-20)28(10-5-4-6-11-28)36-18-26(37)25(35-19-29(32,33)34)15-21-13-23(30)16-24(31)14-21/h7-9,12-14,16,25-26,35-37H,4-6,10-11,15,17-19H2,1-3H3/t25?,26-/m1/s1. The summed E-state index contributed by atoms with van der Waals surface area (Å²) >= 11 is 0. The summed E-state index contributed by atoms with van der Waals surface area (Å²) in [6.07, 6.45) is -0.121. The molecule has 1 aliphatic carbocycles. The van der Waals surface area contributed by atoms with E-state index >= 15 is 0 Å². The van der Waals surface area contributed by atoms with Gasteiger partial charge in [0.05, 0.1) is 12.6 Å². The Morgan fingerprint density at radius 1 is 0.919 bits per heavy atom. The van der Waals surface area contributed by atoms with Crippen molar-refractivity contribution in [3.05, 3.63) is 70.8 Å². The van der Waals surface area contributed by atoms with Gasteiger partial charge in [-0.2, -0.15) is 13.2 Å². The van der Waals surface area contributed by atoms with Crippen LogP contribution in [0.4, 0.5) is 22.0 Å². The van der Waals surface area contributed by atoms with Crippen molar-refractivity contribution in [1.82, 2.24) is 10.6 Å². The van der Waals surface area contributed by atoms with Crippen LogP contribution in [-0.4, -0.2) is 36.5 Å². The Hall–Kier alpha value is -2.03. The molecule has 1 aliphatic rings. The Morgan fingerprint density at radius 2 is 1.57 bits per heavy atom. The van der Waals surface area contributed by atoms with Crippen LogP contribution in [0, 0.1) is 17.0 Å². The van der Waals surface area contributed by atoms with Crippen LogP contribution in [0.3, 0.4) is 0 Å². The average molecular weight is 527 g/mol. The van der Waals surface area contributed by atoms with Crippen LogP contribution in [0.5, 0.6) is 0 Å². The summed E-state index contributed by atoms with van der Waals surface area (Å²) in [5, 5.41) is 16.9. The first kappa shape index (κ1) is 29.5. The predicted molar refractivity (Wildman–Crippen MR) is 136 cm³/mol. The Kier molecular flexibility index (Phi) is 9.75. The van der Waals surface area contributed by atoms with Gasteiger partial charge in [-0.1, -0.05) is 64.3 Å². The molecule has 3 nitrogen and oxygen atoms in total. The lowest BCUT2D eigenvalue weighted by atomic mass is 9.75. The van der Waals surface area contributed by atoms with Crippen molar-refractivity contribution in [2.45, 2.75) is 89.6 Å². The topological polar surface area (TPSA) is 44.3 Å². The fraction of sp³-hybridized carbons (Fsp3) is 0.586. The van der Waals surface area contributed by atoms with Gasteiger partial charge in [-0.3, -0.25) is 0 Å². The zero-order valence-corrected chi connectivity index (χ0v) is 21.9. The third-order valence-electron chi connectivity index (χ3n) is 6.98. The fourth-order valence-corrected chi connectivity index (χ4v) is 5.33. The minimum atomic E-state index is -4.49.